The van der Waals surface area contributed by atoms with E-state index < -0.39 is 10.0 Å². The highest BCUT2D eigenvalue weighted by molar-refractivity contribution is 7.89. The number of benzene rings is 1. The summed E-state index contributed by atoms with van der Waals surface area (Å²) >= 11 is 0. The second kappa shape index (κ2) is 5.86. The van der Waals surface area contributed by atoms with Gasteiger partial charge in [0.05, 0.1) is 25.0 Å². The second-order valence-corrected chi connectivity index (χ2v) is 7.82. The van der Waals surface area contributed by atoms with Crippen LogP contribution in [0.5, 0.6) is 0 Å². The lowest BCUT2D eigenvalue weighted by Crippen LogP contribution is -2.36. The minimum absolute atomic E-state index is 0.0396. The number of aromatic nitrogens is 1. The van der Waals surface area contributed by atoms with Crippen LogP contribution in [-0.4, -0.2) is 56.8 Å². The molecule has 2 heterocycles. The van der Waals surface area contributed by atoms with Crippen LogP contribution in [0.15, 0.2) is 28.7 Å². The number of para-hydroxylation sites is 2. The van der Waals surface area contributed by atoms with Crippen LogP contribution in [0.3, 0.4) is 0 Å². The molecule has 0 spiro atoms. The average Bonchev–Trinajstić information content (AvgIpc) is 3.05. The maximum Gasteiger partial charge on any atom is 0.295 e. The monoisotopic (exact) mass is 325 g/mol. The summed E-state index contributed by atoms with van der Waals surface area (Å²) in [6.45, 7) is 0.845. The van der Waals surface area contributed by atoms with Gasteiger partial charge in [0.15, 0.2) is 5.58 Å². The maximum absolute atomic E-state index is 12.0. The minimum atomic E-state index is -3.27. The van der Waals surface area contributed by atoms with E-state index in [4.69, 9.17) is 9.15 Å². The Morgan fingerprint density at radius 3 is 2.82 bits per heavy atom. The van der Waals surface area contributed by atoms with Crippen molar-refractivity contribution in [3.05, 3.63) is 24.3 Å². The molecule has 0 radical (unpaired) electrons. The average molecular weight is 325 g/mol. The first-order valence-electron chi connectivity index (χ1n) is 7.06. The van der Waals surface area contributed by atoms with E-state index in [1.165, 1.54) is 18.4 Å². The molecule has 1 aliphatic heterocycles. The van der Waals surface area contributed by atoms with Gasteiger partial charge in [-0.3, -0.25) is 0 Å². The second-order valence-electron chi connectivity index (χ2n) is 5.60. The molecular formula is C14H19N3O4S. The standard InChI is InChI=1S/C14H19N3O4S/c1-17(2)22(18,19)9-10-7-20-8-12(10)16-14-15-11-5-3-4-6-13(11)21-14/h3-6,10,12H,7-9H2,1-2H3,(H,15,16)/t10-,12-/m0/s1. The summed E-state index contributed by atoms with van der Waals surface area (Å²) in [6.07, 6.45) is 0. The minimum Gasteiger partial charge on any atom is -0.424 e. The van der Waals surface area contributed by atoms with Crippen molar-refractivity contribution < 1.29 is 17.6 Å². The third kappa shape index (κ3) is 3.08. The summed E-state index contributed by atoms with van der Waals surface area (Å²) < 4.78 is 36.3. The summed E-state index contributed by atoms with van der Waals surface area (Å²) in [5, 5.41) is 3.16. The van der Waals surface area contributed by atoms with Crippen molar-refractivity contribution in [2.45, 2.75) is 6.04 Å². The third-order valence-electron chi connectivity index (χ3n) is 3.78. The van der Waals surface area contributed by atoms with Crippen LogP contribution < -0.4 is 5.32 Å². The molecule has 2 aromatic rings. The number of ether oxygens (including phenoxy) is 1. The van der Waals surface area contributed by atoms with Gasteiger partial charge in [-0.2, -0.15) is 4.98 Å². The molecule has 0 saturated carbocycles. The summed E-state index contributed by atoms with van der Waals surface area (Å²) in [4.78, 5) is 4.35. The van der Waals surface area contributed by atoms with Crippen LogP contribution in [-0.2, 0) is 14.8 Å². The largest absolute Gasteiger partial charge is 0.424 e. The molecule has 1 N–H and O–H groups in total. The van der Waals surface area contributed by atoms with Crippen LogP contribution in [0, 0.1) is 5.92 Å². The zero-order valence-corrected chi connectivity index (χ0v) is 13.3. The number of oxazole rings is 1. The van der Waals surface area contributed by atoms with E-state index >= 15 is 0 Å². The van der Waals surface area contributed by atoms with E-state index in [1.807, 2.05) is 24.3 Å². The summed E-state index contributed by atoms with van der Waals surface area (Å²) in [5.74, 6) is -0.0971. The molecule has 3 rings (SSSR count). The molecule has 1 saturated heterocycles. The molecule has 0 unspecified atom stereocenters. The number of sulfonamides is 1. The molecule has 7 nitrogen and oxygen atoms in total. The van der Waals surface area contributed by atoms with Gasteiger partial charge in [-0.1, -0.05) is 12.1 Å². The Kier molecular flexibility index (Phi) is 4.07. The van der Waals surface area contributed by atoms with Gasteiger partial charge < -0.3 is 14.5 Å². The van der Waals surface area contributed by atoms with E-state index in [0.717, 1.165) is 5.52 Å². The van der Waals surface area contributed by atoms with Crippen LogP contribution in [0.4, 0.5) is 6.01 Å². The van der Waals surface area contributed by atoms with Crippen LogP contribution >= 0.6 is 0 Å². The highest BCUT2D eigenvalue weighted by Crippen LogP contribution is 2.23. The predicted molar refractivity (Wildman–Crippen MR) is 83.2 cm³/mol. The maximum atomic E-state index is 12.0. The van der Waals surface area contributed by atoms with Gasteiger partial charge in [0.25, 0.3) is 6.01 Å². The van der Waals surface area contributed by atoms with E-state index in [0.29, 0.717) is 24.8 Å². The summed E-state index contributed by atoms with van der Waals surface area (Å²) in [5.41, 5.74) is 1.46. The molecule has 0 amide bonds. The molecule has 1 aromatic carbocycles. The Hall–Kier alpha value is -1.64. The first-order valence-corrected chi connectivity index (χ1v) is 8.67. The Balaban J connectivity index is 1.73. The predicted octanol–water partition coefficient (Wildman–Crippen LogP) is 1.15. The van der Waals surface area contributed by atoms with E-state index in [9.17, 15) is 8.42 Å². The Bertz CT molecular complexity index is 723. The van der Waals surface area contributed by atoms with E-state index in [2.05, 4.69) is 10.3 Å². The lowest BCUT2D eigenvalue weighted by Gasteiger charge is -2.20. The van der Waals surface area contributed by atoms with E-state index in [1.54, 1.807) is 0 Å². The van der Waals surface area contributed by atoms with Crippen LogP contribution in [0.25, 0.3) is 11.1 Å². The van der Waals surface area contributed by atoms with Gasteiger partial charge in [0, 0.05) is 20.0 Å². The first kappa shape index (κ1) is 15.3. The topological polar surface area (TPSA) is 84.7 Å². The van der Waals surface area contributed by atoms with Gasteiger partial charge >= 0.3 is 0 Å². The SMILES string of the molecule is CN(C)S(=O)(=O)C[C@@H]1COC[C@@H]1Nc1nc2ccccc2o1. The van der Waals surface area contributed by atoms with Crippen molar-refractivity contribution in [1.29, 1.82) is 0 Å². The molecule has 22 heavy (non-hydrogen) atoms. The fraction of sp³-hybridized carbons (Fsp3) is 0.500. The molecule has 0 bridgehead atoms. The molecule has 120 valence electrons. The quantitative estimate of drug-likeness (QED) is 0.887. The molecule has 8 heteroatoms. The fourth-order valence-electron chi connectivity index (χ4n) is 2.43. The molecule has 1 aromatic heterocycles. The highest BCUT2D eigenvalue weighted by atomic mass is 32.2. The van der Waals surface area contributed by atoms with Crippen molar-refractivity contribution in [2.75, 3.05) is 38.4 Å². The molecule has 2 atom stereocenters. The van der Waals surface area contributed by atoms with Crippen molar-refractivity contribution in [2.24, 2.45) is 5.92 Å². The van der Waals surface area contributed by atoms with Gasteiger partial charge in [-0.15, -0.1) is 0 Å². The lowest BCUT2D eigenvalue weighted by molar-refractivity contribution is 0.187. The number of fused-ring (bicyclic) bond motifs is 1. The normalized spacial score (nSPS) is 22.5. The Morgan fingerprint density at radius 2 is 2.09 bits per heavy atom. The fourth-order valence-corrected chi connectivity index (χ4v) is 3.60. The number of hydrogen-bond acceptors (Lipinski definition) is 6. The number of nitrogens with zero attached hydrogens (tertiary/aromatic N) is 2. The molecule has 1 fully saturated rings. The third-order valence-corrected chi connectivity index (χ3v) is 5.74. The van der Waals surface area contributed by atoms with E-state index in [-0.39, 0.29) is 17.7 Å². The summed E-state index contributed by atoms with van der Waals surface area (Å²) in [7, 11) is -0.197. The molecule has 0 aliphatic carbocycles. The highest BCUT2D eigenvalue weighted by Gasteiger charge is 2.34. The van der Waals surface area contributed by atoms with Gasteiger partial charge in [-0.05, 0) is 12.1 Å². The summed E-state index contributed by atoms with van der Waals surface area (Å²) in [6, 6.07) is 7.73. The molecule has 1 aliphatic rings. The zero-order chi connectivity index (χ0) is 15.7. The van der Waals surface area contributed by atoms with Gasteiger partial charge in [0.1, 0.15) is 5.52 Å². The van der Waals surface area contributed by atoms with Crippen LogP contribution in [0.1, 0.15) is 0 Å². The number of anilines is 1. The first-order chi connectivity index (χ1) is 10.5. The Morgan fingerprint density at radius 1 is 1.32 bits per heavy atom. The van der Waals surface area contributed by atoms with Gasteiger partial charge in [0.2, 0.25) is 10.0 Å². The van der Waals surface area contributed by atoms with Crippen molar-refractivity contribution in [1.82, 2.24) is 9.29 Å². The van der Waals surface area contributed by atoms with Crippen LogP contribution in [0.2, 0.25) is 0 Å². The van der Waals surface area contributed by atoms with Gasteiger partial charge in [-0.25, -0.2) is 12.7 Å². The van der Waals surface area contributed by atoms with Crippen molar-refractivity contribution in [3.8, 4) is 0 Å². The number of nitrogens with one attached hydrogen (secondary N) is 1. The van der Waals surface area contributed by atoms with Crippen molar-refractivity contribution >= 4 is 27.1 Å². The zero-order valence-electron chi connectivity index (χ0n) is 12.5. The number of hydrogen-bond donors (Lipinski definition) is 1. The number of rotatable bonds is 5. The van der Waals surface area contributed by atoms with Crippen molar-refractivity contribution in [3.63, 3.8) is 0 Å². The smallest absolute Gasteiger partial charge is 0.295 e. The molecular weight excluding hydrogens is 306 g/mol. The Labute approximate surface area is 129 Å². The lowest BCUT2D eigenvalue weighted by atomic mass is 10.1.